The Kier molecular flexibility index (Phi) is 5.79. The van der Waals surface area contributed by atoms with E-state index in [9.17, 15) is 0 Å². The minimum atomic E-state index is 0.659. The van der Waals surface area contributed by atoms with Gasteiger partial charge in [0.25, 0.3) is 0 Å². The third-order valence-corrected chi connectivity index (χ3v) is 3.30. The van der Waals surface area contributed by atoms with Crippen molar-refractivity contribution in [2.75, 3.05) is 23.7 Å². The predicted molar refractivity (Wildman–Crippen MR) is 83.8 cm³/mol. The van der Waals surface area contributed by atoms with Crippen molar-refractivity contribution in [2.45, 2.75) is 26.3 Å². The van der Waals surface area contributed by atoms with Gasteiger partial charge in [0, 0.05) is 38.2 Å². The highest BCUT2D eigenvalue weighted by Gasteiger charge is 2.04. The van der Waals surface area contributed by atoms with Crippen molar-refractivity contribution in [3.8, 4) is 0 Å². The van der Waals surface area contributed by atoms with E-state index < -0.39 is 0 Å². The third kappa shape index (κ3) is 4.48. The molecule has 0 fully saturated rings. The summed E-state index contributed by atoms with van der Waals surface area (Å²) < 4.78 is 2.94. The van der Waals surface area contributed by atoms with Crippen LogP contribution in [0.25, 0.3) is 0 Å². The molecule has 0 amide bonds. The Labute approximate surface area is 127 Å². The molecule has 2 aromatic heterocycles. The van der Waals surface area contributed by atoms with Crippen molar-refractivity contribution in [1.29, 1.82) is 0 Å². The second-order valence-corrected chi connectivity index (χ2v) is 5.25. The Hall–Kier alpha value is -1.63. The SMILES string of the molecule is CCCNc1ncc(Br)c(NCCCn2ccnc2)n1. The first kappa shape index (κ1) is 14.8. The van der Waals surface area contributed by atoms with Gasteiger partial charge in [-0.15, -0.1) is 0 Å². The first-order valence-corrected chi connectivity index (χ1v) is 7.55. The van der Waals surface area contributed by atoms with E-state index in [0.717, 1.165) is 42.8 Å². The summed E-state index contributed by atoms with van der Waals surface area (Å²) in [5.41, 5.74) is 0. The molecule has 0 spiro atoms. The fourth-order valence-electron chi connectivity index (χ4n) is 1.70. The molecule has 0 aromatic carbocycles. The van der Waals surface area contributed by atoms with E-state index >= 15 is 0 Å². The lowest BCUT2D eigenvalue weighted by Gasteiger charge is -2.10. The van der Waals surface area contributed by atoms with Crippen LogP contribution < -0.4 is 10.6 Å². The summed E-state index contributed by atoms with van der Waals surface area (Å²) in [4.78, 5) is 12.7. The number of nitrogens with one attached hydrogen (secondary N) is 2. The van der Waals surface area contributed by atoms with Gasteiger partial charge in [0.2, 0.25) is 5.95 Å². The van der Waals surface area contributed by atoms with E-state index in [1.54, 1.807) is 12.4 Å². The first-order valence-electron chi connectivity index (χ1n) is 6.75. The topological polar surface area (TPSA) is 67.7 Å². The van der Waals surface area contributed by atoms with E-state index in [1.165, 1.54) is 0 Å². The van der Waals surface area contributed by atoms with Gasteiger partial charge in [0.1, 0.15) is 5.82 Å². The Balaban J connectivity index is 1.81. The van der Waals surface area contributed by atoms with Crippen LogP contribution in [0, 0.1) is 0 Å². The number of imidazole rings is 1. The number of aryl methyl sites for hydroxylation is 1. The maximum absolute atomic E-state index is 4.44. The Morgan fingerprint density at radius 1 is 1.30 bits per heavy atom. The fourth-order valence-corrected chi connectivity index (χ4v) is 2.03. The highest BCUT2D eigenvalue weighted by Crippen LogP contribution is 2.20. The summed E-state index contributed by atoms with van der Waals surface area (Å²) in [6, 6.07) is 0. The van der Waals surface area contributed by atoms with Crippen LogP contribution >= 0.6 is 15.9 Å². The molecule has 6 nitrogen and oxygen atoms in total. The second-order valence-electron chi connectivity index (χ2n) is 4.40. The highest BCUT2D eigenvalue weighted by molar-refractivity contribution is 9.10. The number of hydrogen-bond donors (Lipinski definition) is 2. The van der Waals surface area contributed by atoms with Crippen LogP contribution in [0.3, 0.4) is 0 Å². The number of aromatic nitrogens is 4. The molecular formula is C13H19BrN6. The van der Waals surface area contributed by atoms with Crippen molar-refractivity contribution >= 4 is 27.7 Å². The minimum Gasteiger partial charge on any atom is -0.369 e. The number of anilines is 2. The summed E-state index contributed by atoms with van der Waals surface area (Å²) in [5.74, 6) is 1.48. The standard InChI is InChI=1S/C13H19BrN6/c1-2-4-17-13-18-9-11(14)12(19-13)16-5-3-7-20-8-6-15-10-20/h6,8-10H,2-5,7H2,1H3,(H2,16,17,18,19). The quantitative estimate of drug-likeness (QED) is 0.724. The van der Waals surface area contributed by atoms with E-state index in [1.807, 2.05) is 12.5 Å². The molecule has 0 aliphatic heterocycles. The monoisotopic (exact) mass is 338 g/mol. The number of nitrogens with zero attached hydrogens (tertiary/aromatic N) is 4. The summed E-state index contributed by atoms with van der Waals surface area (Å²) in [7, 11) is 0. The summed E-state index contributed by atoms with van der Waals surface area (Å²) in [5, 5.41) is 6.50. The van der Waals surface area contributed by atoms with Crippen LogP contribution in [0.5, 0.6) is 0 Å². The molecule has 20 heavy (non-hydrogen) atoms. The van der Waals surface area contributed by atoms with Gasteiger partial charge in [-0.1, -0.05) is 6.92 Å². The molecule has 0 aliphatic rings. The smallest absolute Gasteiger partial charge is 0.224 e. The zero-order valence-corrected chi connectivity index (χ0v) is 13.1. The molecule has 7 heteroatoms. The Morgan fingerprint density at radius 3 is 2.95 bits per heavy atom. The van der Waals surface area contributed by atoms with Crippen LogP contribution in [0.4, 0.5) is 11.8 Å². The summed E-state index contributed by atoms with van der Waals surface area (Å²) in [6.07, 6.45) is 9.40. The van der Waals surface area contributed by atoms with Gasteiger partial charge in [0.05, 0.1) is 10.8 Å². The average molecular weight is 339 g/mol. The van der Waals surface area contributed by atoms with E-state index in [0.29, 0.717) is 5.95 Å². The lowest BCUT2D eigenvalue weighted by molar-refractivity contribution is 0.660. The van der Waals surface area contributed by atoms with E-state index in [-0.39, 0.29) is 0 Å². The van der Waals surface area contributed by atoms with Crippen LogP contribution in [0.2, 0.25) is 0 Å². The highest BCUT2D eigenvalue weighted by atomic mass is 79.9. The average Bonchev–Trinajstić information content (AvgIpc) is 2.97. The van der Waals surface area contributed by atoms with Crippen LogP contribution in [-0.2, 0) is 6.54 Å². The molecule has 0 saturated carbocycles. The van der Waals surface area contributed by atoms with Gasteiger partial charge < -0.3 is 15.2 Å². The molecule has 0 bridgehead atoms. The molecule has 108 valence electrons. The number of rotatable bonds is 8. The third-order valence-electron chi connectivity index (χ3n) is 2.72. The van der Waals surface area contributed by atoms with Crippen LogP contribution in [0.15, 0.2) is 29.4 Å². The van der Waals surface area contributed by atoms with Gasteiger partial charge in [-0.25, -0.2) is 9.97 Å². The summed E-state index contributed by atoms with van der Waals surface area (Å²) >= 11 is 3.46. The molecular weight excluding hydrogens is 320 g/mol. The Bertz CT molecular complexity index is 514. The fraction of sp³-hybridized carbons (Fsp3) is 0.462. The molecule has 2 N–H and O–H groups in total. The lowest BCUT2D eigenvalue weighted by Crippen LogP contribution is -2.10. The van der Waals surface area contributed by atoms with E-state index in [4.69, 9.17) is 0 Å². The van der Waals surface area contributed by atoms with Crippen molar-refractivity contribution < 1.29 is 0 Å². The maximum atomic E-state index is 4.44. The maximum Gasteiger partial charge on any atom is 0.224 e. The van der Waals surface area contributed by atoms with Gasteiger partial charge >= 0.3 is 0 Å². The minimum absolute atomic E-state index is 0.659. The molecule has 2 aromatic rings. The van der Waals surface area contributed by atoms with Gasteiger partial charge in [-0.3, -0.25) is 0 Å². The zero-order valence-electron chi connectivity index (χ0n) is 11.5. The molecule has 0 atom stereocenters. The van der Waals surface area contributed by atoms with Crippen LogP contribution in [0.1, 0.15) is 19.8 Å². The lowest BCUT2D eigenvalue weighted by atomic mass is 10.4. The van der Waals surface area contributed by atoms with E-state index in [2.05, 4.69) is 53.0 Å². The predicted octanol–water partition coefficient (Wildman–Crippen LogP) is 2.76. The van der Waals surface area contributed by atoms with Gasteiger partial charge in [-0.2, -0.15) is 4.98 Å². The molecule has 0 radical (unpaired) electrons. The second kappa shape index (κ2) is 7.84. The summed E-state index contributed by atoms with van der Waals surface area (Å²) in [6.45, 7) is 4.78. The number of hydrogen-bond acceptors (Lipinski definition) is 5. The number of halogens is 1. The van der Waals surface area contributed by atoms with Gasteiger partial charge in [0.15, 0.2) is 0 Å². The molecule has 2 rings (SSSR count). The molecule has 2 heterocycles. The molecule has 0 saturated heterocycles. The van der Waals surface area contributed by atoms with Crippen molar-refractivity contribution in [3.63, 3.8) is 0 Å². The normalized spacial score (nSPS) is 10.5. The van der Waals surface area contributed by atoms with Gasteiger partial charge in [-0.05, 0) is 28.8 Å². The van der Waals surface area contributed by atoms with Crippen molar-refractivity contribution in [3.05, 3.63) is 29.4 Å². The first-order chi connectivity index (χ1) is 9.79. The van der Waals surface area contributed by atoms with Crippen molar-refractivity contribution in [1.82, 2.24) is 19.5 Å². The Morgan fingerprint density at radius 2 is 2.20 bits per heavy atom. The van der Waals surface area contributed by atoms with Crippen molar-refractivity contribution in [2.24, 2.45) is 0 Å². The zero-order chi connectivity index (χ0) is 14.2. The molecule has 0 aliphatic carbocycles. The largest absolute Gasteiger partial charge is 0.369 e. The van der Waals surface area contributed by atoms with Crippen LogP contribution in [-0.4, -0.2) is 32.6 Å². The molecule has 0 unspecified atom stereocenters.